The number of imidazole rings is 1. The third-order valence-corrected chi connectivity index (χ3v) is 2.73. The van der Waals surface area contributed by atoms with Gasteiger partial charge in [-0.05, 0) is 0 Å². The van der Waals surface area contributed by atoms with Crippen molar-refractivity contribution in [3.63, 3.8) is 0 Å². The lowest BCUT2D eigenvalue weighted by molar-refractivity contribution is -0.141. The maximum absolute atomic E-state index is 12.3. The highest BCUT2D eigenvalue weighted by Crippen LogP contribution is 2.18. The number of nitrogens with one attached hydrogen (secondary N) is 1. The summed E-state index contributed by atoms with van der Waals surface area (Å²) in [5, 5.41) is 3.20. The lowest BCUT2D eigenvalue weighted by atomic mass is 10.3. The number of alkyl halides is 3. The van der Waals surface area contributed by atoms with E-state index in [1.165, 1.54) is 17.0 Å². The third kappa shape index (κ3) is 3.71. The number of rotatable bonds is 3. The molecule has 0 amide bonds. The Labute approximate surface area is 97.4 Å². The molecule has 1 aliphatic heterocycles. The first-order valence-corrected chi connectivity index (χ1v) is 5.54. The van der Waals surface area contributed by atoms with Gasteiger partial charge in [0.2, 0.25) is 0 Å². The Kier molecular flexibility index (Phi) is 3.68. The van der Waals surface area contributed by atoms with Crippen LogP contribution in [0.2, 0.25) is 0 Å². The molecular formula is C10H15F3N4. The minimum atomic E-state index is -4.20. The molecule has 1 aromatic rings. The molecule has 1 saturated heterocycles. The van der Waals surface area contributed by atoms with E-state index < -0.39 is 12.7 Å². The molecule has 0 spiro atoms. The normalized spacial score (nSPS) is 18.5. The third-order valence-electron chi connectivity index (χ3n) is 2.73. The molecule has 1 aliphatic rings. The van der Waals surface area contributed by atoms with Gasteiger partial charge in [0.05, 0.1) is 6.54 Å². The van der Waals surface area contributed by atoms with Crippen LogP contribution in [0.15, 0.2) is 12.4 Å². The van der Waals surface area contributed by atoms with E-state index in [-0.39, 0.29) is 0 Å². The maximum Gasteiger partial charge on any atom is 0.406 e. The fourth-order valence-corrected chi connectivity index (χ4v) is 1.90. The predicted molar refractivity (Wildman–Crippen MR) is 56.4 cm³/mol. The monoisotopic (exact) mass is 248 g/mol. The summed E-state index contributed by atoms with van der Waals surface area (Å²) in [4.78, 5) is 6.10. The highest BCUT2D eigenvalue weighted by Gasteiger charge is 2.29. The molecule has 0 radical (unpaired) electrons. The zero-order chi connectivity index (χ0) is 12.3. The SMILES string of the molecule is FC(F)(F)Cn1ccnc1CN1CCNCC1. The van der Waals surface area contributed by atoms with Crippen LogP contribution in [0.4, 0.5) is 13.2 Å². The van der Waals surface area contributed by atoms with Crippen LogP contribution in [-0.4, -0.2) is 46.8 Å². The Morgan fingerprint density at radius 1 is 1.29 bits per heavy atom. The average Bonchev–Trinajstić information content (AvgIpc) is 2.65. The average molecular weight is 248 g/mol. The van der Waals surface area contributed by atoms with Gasteiger partial charge in [-0.25, -0.2) is 4.98 Å². The van der Waals surface area contributed by atoms with E-state index in [9.17, 15) is 13.2 Å². The molecule has 17 heavy (non-hydrogen) atoms. The topological polar surface area (TPSA) is 33.1 Å². The molecule has 1 fully saturated rings. The maximum atomic E-state index is 12.3. The molecule has 0 aliphatic carbocycles. The van der Waals surface area contributed by atoms with E-state index in [1.54, 1.807) is 0 Å². The van der Waals surface area contributed by atoms with Gasteiger partial charge in [-0.2, -0.15) is 13.2 Å². The number of nitrogens with zero attached hydrogens (tertiary/aromatic N) is 3. The van der Waals surface area contributed by atoms with E-state index in [1.807, 2.05) is 0 Å². The van der Waals surface area contributed by atoms with Crippen molar-refractivity contribution in [2.75, 3.05) is 26.2 Å². The molecule has 7 heteroatoms. The van der Waals surface area contributed by atoms with Crippen molar-refractivity contribution in [2.24, 2.45) is 0 Å². The van der Waals surface area contributed by atoms with Gasteiger partial charge in [-0.1, -0.05) is 0 Å². The molecule has 0 unspecified atom stereocenters. The quantitative estimate of drug-likeness (QED) is 0.861. The van der Waals surface area contributed by atoms with Crippen LogP contribution in [0.3, 0.4) is 0 Å². The van der Waals surface area contributed by atoms with Crippen LogP contribution in [0.25, 0.3) is 0 Å². The van der Waals surface area contributed by atoms with Crippen LogP contribution in [0.5, 0.6) is 0 Å². The largest absolute Gasteiger partial charge is 0.406 e. The summed E-state index contributed by atoms with van der Waals surface area (Å²) >= 11 is 0. The summed E-state index contributed by atoms with van der Waals surface area (Å²) in [6.07, 6.45) is -1.40. The van der Waals surface area contributed by atoms with Gasteiger partial charge in [-0.15, -0.1) is 0 Å². The van der Waals surface area contributed by atoms with E-state index in [4.69, 9.17) is 0 Å². The Morgan fingerprint density at radius 3 is 2.65 bits per heavy atom. The summed E-state index contributed by atoms with van der Waals surface area (Å²) in [5.41, 5.74) is 0. The van der Waals surface area contributed by atoms with Gasteiger partial charge in [0.15, 0.2) is 0 Å². The molecule has 1 N–H and O–H groups in total. The van der Waals surface area contributed by atoms with Crippen LogP contribution in [0.1, 0.15) is 5.82 Å². The van der Waals surface area contributed by atoms with E-state index in [0.29, 0.717) is 12.4 Å². The van der Waals surface area contributed by atoms with Crippen LogP contribution >= 0.6 is 0 Å². The standard InChI is InChI=1S/C10H15F3N4/c11-10(12,13)8-17-6-3-15-9(17)7-16-4-1-14-2-5-16/h3,6,14H,1-2,4-5,7-8H2. The molecule has 0 aromatic carbocycles. The van der Waals surface area contributed by atoms with Crippen LogP contribution in [-0.2, 0) is 13.1 Å². The number of aromatic nitrogens is 2. The van der Waals surface area contributed by atoms with Crippen LogP contribution < -0.4 is 5.32 Å². The Balaban J connectivity index is 1.98. The van der Waals surface area contributed by atoms with Gasteiger partial charge in [0.1, 0.15) is 12.4 Å². The molecule has 96 valence electrons. The molecule has 4 nitrogen and oxygen atoms in total. The fraction of sp³-hybridized carbons (Fsp3) is 0.700. The van der Waals surface area contributed by atoms with Gasteiger partial charge in [-0.3, -0.25) is 4.90 Å². The molecule has 0 bridgehead atoms. The Hall–Kier alpha value is -1.08. The molecule has 0 atom stereocenters. The molecule has 2 heterocycles. The number of hydrogen-bond acceptors (Lipinski definition) is 3. The predicted octanol–water partition coefficient (Wildman–Crippen LogP) is 0.851. The van der Waals surface area contributed by atoms with Crippen molar-refractivity contribution in [3.8, 4) is 0 Å². The van der Waals surface area contributed by atoms with Crippen molar-refractivity contribution in [1.29, 1.82) is 0 Å². The van der Waals surface area contributed by atoms with Crippen molar-refractivity contribution < 1.29 is 13.2 Å². The fourth-order valence-electron chi connectivity index (χ4n) is 1.90. The summed E-state index contributed by atoms with van der Waals surface area (Å²) in [5.74, 6) is 0.476. The number of piperazine rings is 1. The smallest absolute Gasteiger partial charge is 0.325 e. The van der Waals surface area contributed by atoms with E-state index in [2.05, 4.69) is 15.2 Å². The summed E-state index contributed by atoms with van der Waals surface area (Å²) < 4.78 is 38.1. The zero-order valence-electron chi connectivity index (χ0n) is 9.37. The van der Waals surface area contributed by atoms with Gasteiger partial charge < -0.3 is 9.88 Å². The highest BCUT2D eigenvalue weighted by molar-refractivity contribution is 4.93. The second kappa shape index (κ2) is 5.05. The minimum absolute atomic E-state index is 0.476. The molecule has 1 aromatic heterocycles. The van der Waals surface area contributed by atoms with Gasteiger partial charge >= 0.3 is 6.18 Å². The Bertz CT molecular complexity index is 355. The summed E-state index contributed by atoms with van der Waals surface area (Å²) in [6.45, 7) is 2.96. The second-order valence-corrected chi connectivity index (χ2v) is 4.11. The molecule has 2 rings (SSSR count). The zero-order valence-corrected chi connectivity index (χ0v) is 9.37. The second-order valence-electron chi connectivity index (χ2n) is 4.11. The summed E-state index contributed by atoms with van der Waals surface area (Å²) in [7, 11) is 0. The lowest BCUT2D eigenvalue weighted by Gasteiger charge is -2.27. The Morgan fingerprint density at radius 2 is 2.00 bits per heavy atom. The first-order chi connectivity index (χ1) is 8.04. The number of hydrogen-bond donors (Lipinski definition) is 1. The molecular weight excluding hydrogens is 233 g/mol. The van der Waals surface area contributed by atoms with Crippen molar-refractivity contribution in [3.05, 3.63) is 18.2 Å². The van der Waals surface area contributed by atoms with Crippen molar-refractivity contribution in [2.45, 2.75) is 19.3 Å². The first kappa shape index (κ1) is 12.4. The van der Waals surface area contributed by atoms with Crippen LogP contribution in [0, 0.1) is 0 Å². The van der Waals surface area contributed by atoms with Crippen molar-refractivity contribution >= 4 is 0 Å². The lowest BCUT2D eigenvalue weighted by Crippen LogP contribution is -2.43. The van der Waals surface area contributed by atoms with E-state index >= 15 is 0 Å². The molecule has 0 saturated carbocycles. The van der Waals surface area contributed by atoms with Gasteiger partial charge in [0.25, 0.3) is 0 Å². The number of halogens is 3. The van der Waals surface area contributed by atoms with Crippen molar-refractivity contribution in [1.82, 2.24) is 19.8 Å². The van der Waals surface area contributed by atoms with Gasteiger partial charge in [0, 0.05) is 38.6 Å². The highest BCUT2D eigenvalue weighted by atomic mass is 19.4. The van der Waals surface area contributed by atoms with E-state index in [0.717, 1.165) is 26.2 Å². The minimum Gasteiger partial charge on any atom is -0.325 e. The first-order valence-electron chi connectivity index (χ1n) is 5.54. The summed E-state index contributed by atoms with van der Waals surface area (Å²) in [6, 6.07) is 0.